The van der Waals surface area contributed by atoms with Crippen LogP contribution in [-0.2, 0) is 4.79 Å². The van der Waals surface area contributed by atoms with Crippen LogP contribution in [0.3, 0.4) is 0 Å². The highest BCUT2D eigenvalue weighted by molar-refractivity contribution is 8.00. The average molecular weight is 343 g/mol. The second-order valence-corrected chi connectivity index (χ2v) is 6.70. The van der Waals surface area contributed by atoms with Crippen molar-refractivity contribution < 1.29 is 9.59 Å². The van der Waals surface area contributed by atoms with E-state index in [-0.39, 0.29) is 23.6 Å². The van der Waals surface area contributed by atoms with Crippen LogP contribution in [-0.4, -0.2) is 28.6 Å². The number of thioether (sulfide) groups is 1. The zero-order valence-corrected chi connectivity index (χ0v) is 14.8. The maximum atomic E-state index is 12.5. The van der Waals surface area contributed by atoms with Crippen molar-refractivity contribution in [2.75, 3.05) is 11.1 Å². The molecule has 0 aliphatic rings. The van der Waals surface area contributed by atoms with Gasteiger partial charge in [0.1, 0.15) is 5.82 Å². The molecule has 6 heteroatoms. The molecule has 0 atom stereocenters. The molecule has 0 aliphatic heterocycles. The van der Waals surface area contributed by atoms with E-state index in [0.717, 1.165) is 10.5 Å². The third-order valence-electron chi connectivity index (χ3n) is 3.10. The second kappa shape index (κ2) is 8.49. The van der Waals surface area contributed by atoms with E-state index >= 15 is 0 Å². The summed E-state index contributed by atoms with van der Waals surface area (Å²) in [5.74, 6) is 0.494. The first-order valence-electron chi connectivity index (χ1n) is 7.71. The fourth-order valence-corrected chi connectivity index (χ4v) is 2.94. The fourth-order valence-electron chi connectivity index (χ4n) is 2.08. The molecule has 2 amide bonds. The molecule has 1 heterocycles. The molecule has 1 aromatic carbocycles. The van der Waals surface area contributed by atoms with Gasteiger partial charge in [-0.1, -0.05) is 12.1 Å². The van der Waals surface area contributed by atoms with Crippen LogP contribution in [0.25, 0.3) is 0 Å². The van der Waals surface area contributed by atoms with Crippen molar-refractivity contribution in [3.8, 4) is 0 Å². The number of hydrogen-bond donors (Lipinski definition) is 2. The van der Waals surface area contributed by atoms with Crippen molar-refractivity contribution >= 4 is 29.4 Å². The number of hydrogen-bond acceptors (Lipinski definition) is 4. The molecule has 0 bridgehead atoms. The summed E-state index contributed by atoms with van der Waals surface area (Å²) in [5.41, 5.74) is 1.55. The first-order chi connectivity index (χ1) is 11.5. The van der Waals surface area contributed by atoms with E-state index in [2.05, 4.69) is 15.6 Å². The van der Waals surface area contributed by atoms with Crippen molar-refractivity contribution in [3.05, 3.63) is 53.7 Å². The van der Waals surface area contributed by atoms with E-state index in [0.29, 0.717) is 11.4 Å². The monoisotopic (exact) mass is 343 g/mol. The van der Waals surface area contributed by atoms with Gasteiger partial charge in [0, 0.05) is 17.1 Å². The van der Waals surface area contributed by atoms with Crippen LogP contribution < -0.4 is 10.6 Å². The van der Waals surface area contributed by atoms with Crippen LogP contribution in [0.1, 0.15) is 29.8 Å². The number of anilines is 1. The van der Waals surface area contributed by atoms with Gasteiger partial charge in [-0.25, -0.2) is 4.98 Å². The Bertz CT molecular complexity index is 732. The lowest BCUT2D eigenvalue weighted by Crippen LogP contribution is -2.31. The molecule has 0 fully saturated rings. The van der Waals surface area contributed by atoms with Crippen molar-refractivity contribution in [1.82, 2.24) is 10.3 Å². The minimum absolute atomic E-state index is 0.0504. The lowest BCUT2D eigenvalue weighted by atomic mass is 10.2. The number of rotatable bonds is 6. The van der Waals surface area contributed by atoms with Gasteiger partial charge in [-0.3, -0.25) is 9.59 Å². The van der Waals surface area contributed by atoms with Gasteiger partial charge >= 0.3 is 0 Å². The quantitative estimate of drug-likeness (QED) is 0.790. The minimum Gasteiger partial charge on any atom is -0.353 e. The third-order valence-corrected chi connectivity index (χ3v) is 4.17. The van der Waals surface area contributed by atoms with Gasteiger partial charge in [0.05, 0.1) is 11.3 Å². The number of nitrogens with one attached hydrogen (secondary N) is 2. The minimum atomic E-state index is -0.236. The van der Waals surface area contributed by atoms with Crippen molar-refractivity contribution in [3.63, 3.8) is 0 Å². The Kier molecular flexibility index (Phi) is 6.37. The first-order valence-corrected chi connectivity index (χ1v) is 8.69. The molecule has 2 aromatic rings. The van der Waals surface area contributed by atoms with Crippen LogP contribution in [0.5, 0.6) is 0 Å². The normalized spacial score (nSPS) is 10.5. The van der Waals surface area contributed by atoms with Gasteiger partial charge in [-0.15, -0.1) is 11.8 Å². The molecule has 126 valence electrons. The van der Waals surface area contributed by atoms with Crippen LogP contribution in [0, 0.1) is 6.92 Å². The molecule has 5 nitrogen and oxygen atoms in total. The maximum Gasteiger partial charge on any atom is 0.257 e. The van der Waals surface area contributed by atoms with Gasteiger partial charge in [0.25, 0.3) is 5.91 Å². The highest BCUT2D eigenvalue weighted by atomic mass is 32.2. The van der Waals surface area contributed by atoms with Gasteiger partial charge in [0.2, 0.25) is 5.91 Å². The van der Waals surface area contributed by atoms with Crippen LogP contribution in [0.2, 0.25) is 0 Å². The lowest BCUT2D eigenvalue weighted by molar-refractivity contribution is -0.119. The van der Waals surface area contributed by atoms with Crippen LogP contribution in [0.4, 0.5) is 5.82 Å². The molecule has 2 rings (SSSR count). The summed E-state index contributed by atoms with van der Waals surface area (Å²) in [4.78, 5) is 29.2. The molecule has 0 saturated heterocycles. The van der Waals surface area contributed by atoms with E-state index in [9.17, 15) is 9.59 Å². The highest BCUT2D eigenvalue weighted by Gasteiger charge is 2.13. The topological polar surface area (TPSA) is 71.1 Å². The number of nitrogens with zero attached hydrogens (tertiary/aromatic N) is 1. The summed E-state index contributed by atoms with van der Waals surface area (Å²) >= 11 is 1.35. The van der Waals surface area contributed by atoms with Crippen LogP contribution in [0.15, 0.2) is 47.5 Å². The molecule has 0 unspecified atom stereocenters. The Morgan fingerprint density at radius 2 is 1.96 bits per heavy atom. The molecule has 0 saturated carbocycles. The fraction of sp³-hybridized carbons (Fsp3) is 0.278. The van der Waals surface area contributed by atoms with E-state index in [4.69, 9.17) is 0 Å². The Morgan fingerprint density at radius 1 is 1.21 bits per heavy atom. The van der Waals surface area contributed by atoms with E-state index < -0.39 is 0 Å². The molecule has 0 radical (unpaired) electrons. The van der Waals surface area contributed by atoms with E-state index in [1.165, 1.54) is 11.8 Å². The largest absolute Gasteiger partial charge is 0.353 e. The van der Waals surface area contributed by atoms with Gasteiger partial charge in [-0.05, 0) is 50.6 Å². The number of amides is 2. The molecule has 0 aliphatic carbocycles. The molecular weight excluding hydrogens is 322 g/mol. The first kappa shape index (κ1) is 18.0. The van der Waals surface area contributed by atoms with Crippen molar-refractivity contribution in [1.29, 1.82) is 0 Å². The Labute approximate surface area is 146 Å². The Balaban J connectivity index is 2.07. The number of carbonyl (C=O) groups is 2. The van der Waals surface area contributed by atoms with Crippen LogP contribution >= 0.6 is 11.8 Å². The number of carbonyl (C=O) groups excluding carboxylic acids is 2. The van der Waals surface area contributed by atoms with E-state index in [1.54, 1.807) is 18.3 Å². The predicted octanol–water partition coefficient (Wildman–Crippen LogP) is 3.26. The SMILES string of the molecule is Cc1ccnc(NC(=O)c2ccccc2SCC(=O)NC(C)C)c1. The summed E-state index contributed by atoms with van der Waals surface area (Å²) in [5, 5.41) is 5.63. The van der Waals surface area contributed by atoms with Crippen molar-refractivity contribution in [2.24, 2.45) is 0 Å². The molecular formula is C18H21N3O2S. The summed E-state index contributed by atoms with van der Waals surface area (Å²) < 4.78 is 0. The van der Waals surface area contributed by atoms with E-state index in [1.807, 2.05) is 45.0 Å². The molecule has 2 N–H and O–H groups in total. The smallest absolute Gasteiger partial charge is 0.257 e. The van der Waals surface area contributed by atoms with Gasteiger partial charge in [0.15, 0.2) is 0 Å². The maximum absolute atomic E-state index is 12.5. The molecule has 24 heavy (non-hydrogen) atoms. The number of benzene rings is 1. The second-order valence-electron chi connectivity index (χ2n) is 5.68. The zero-order chi connectivity index (χ0) is 17.5. The Morgan fingerprint density at radius 3 is 2.67 bits per heavy atom. The Hall–Kier alpha value is -2.34. The standard InChI is InChI=1S/C18H21N3O2S/c1-12(2)20-17(22)11-24-15-7-5-4-6-14(15)18(23)21-16-10-13(3)8-9-19-16/h4-10,12H,11H2,1-3H3,(H,20,22)(H,19,21,23). The lowest BCUT2D eigenvalue weighted by Gasteiger charge is -2.11. The highest BCUT2D eigenvalue weighted by Crippen LogP contribution is 2.23. The molecule has 1 aromatic heterocycles. The summed E-state index contributed by atoms with van der Waals surface area (Å²) in [6.45, 7) is 5.77. The third kappa shape index (κ3) is 5.38. The molecule has 0 spiro atoms. The van der Waals surface area contributed by atoms with Gasteiger partial charge < -0.3 is 10.6 Å². The number of aromatic nitrogens is 1. The van der Waals surface area contributed by atoms with Crippen molar-refractivity contribution in [2.45, 2.75) is 31.7 Å². The summed E-state index contributed by atoms with van der Waals surface area (Å²) in [7, 11) is 0. The van der Waals surface area contributed by atoms with Gasteiger partial charge in [-0.2, -0.15) is 0 Å². The predicted molar refractivity (Wildman–Crippen MR) is 97.4 cm³/mol. The average Bonchev–Trinajstić information content (AvgIpc) is 2.52. The zero-order valence-electron chi connectivity index (χ0n) is 14.0. The number of pyridine rings is 1. The summed E-state index contributed by atoms with van der Waals surface area (Å²) in [6, 6.07) is 11.0. The summed E-state index contributed by atoms with van der Waals surface area (Å²) in [6.07, 6.45) is 1.65. The number of aryl methyl sites for hydroxylation is 1.